The molecule has 1 rings (SSSR count). The van der Waals surface area contributed by atoms with Gasteiger partial charge in [-0.25, -0.2) is 4.39 Å². The van der Waals surface area contributed by atoms with E-state index in [4.69, 9.17) is 15.2 Å². The van der Waals surface area contributed by atoms with E-state index in [1.54, 1.807) is 0 Å². The molecule has 0 heterocycles. The number of carboxylic acids is 1. The molecule has 0 bridgehead atoms. The molecule has 0 aliphatic rings. The molecule has 0 spiro atoms. The number of hydrogen-bond acceptors (Lipinski definition) is 3. The van der Waals surface area contributed by atoms with Crippen LogP contribution in [0.25, 0.3) is 0 Å². The molecule has 0 fully saturated rings. The van der Waals surface area contributed by atoms with Crippen LogP contribution in [0.15, 0.2) is 18.2 Å². The van der Waals surface area contributed by atoms with Crippen LogP contribution < -0.4 is 5.46 Å². The molecule has 0 radical (unpaired) electrons. The Morgan fingerprint density at radius 2 is 2.07 bits per heavy atom. The Morgan fingerprint density at radius 1 is 1.43 bits per heavy atom. The van der Waals surface area contributed by atoms with Crippen molar-refractivity contribution >= 4 is 18.6 Å². The Labute approximate surface area is 79.8 Å². The first kappa shape index (κ1) is 10.7. The van der Waals surface area contributed by atoms with Gasteiger partial charge in [0.25, 0.3) is 0 Å². The van der Waals surface area contributed by atoms with Gasteiger partial charge in [-0.1, -0.05) is 12.1 Å². The number of rotatable bonds is 3. The zero-order valence-corrected chi connectivity index (χ0v) is 7.14. The van der Waals surface area contributed by atoms with Gasteiger partial charge in [0.15, 0.2) is 0 Å². The average Bonchev–Trinajstić information content (AvgIpc) is 2.07. The monoisotopic (exact) mass is 198 g/mol. The molecule has 1 aromatic carbocycles. The summed E-state index contributed by atoms with van der Waals surface area (Å²) in [7, 11) is -1.72. The molecule has 0 aromatic heterocycles. The fraction of sp³-hybridized carbons (Fsp3) is 0.125. The van der Waals surface area contributed by atoms with Crippen LogP contribution in [0, 0.1) is 5.82 Å². The maximum absolute atomic E-state index is 13.0. The van der Waals surface area contributed by atoms with E-state index in [1.807, 2.05) is 0 Å². The van der Waals surface area contributed by atoms with Gasteiger partial charge in [0.1, 0.15) is 5.82 Å². The van der Waals surface area contributed by atoms with Gasteiger partial charge >= 0.3 is 13.1 Å². The normalized spacial score (nSPS) is 9.93. The summed E-state index contributed by atoms with van der Waals surface area (Å²) in [6.45, 7) is 0. The average molecular weight is 198 g/mol. The predicted molar refractivity (Wildman–Crippen MR) is 47.6 cm³/mol. The van der Waals surface area contributed by atoms with Gasteiger partial charge < -0.3 is 15.2 Å². The Balaban J connectivity index is 3.02. The minimum absolute atomic E-state index is 0.0666. The zero-order valence-electron chi connectivity index (χ0n) is 7.14. The largest absolute Gasteiger partial charge is 0.488 e. The van der Waals surface area contributed by atoms with Gasteiger partial charge in [0, 0.05) is 0 Å². The second kappa shape index (κ2) is 4.21. The molecule has 1 aromatic rings. The third kappa shape index (κ3) is 2.55. The van der Waals surface area contributed by atoms with E-state index >= 15 is 0 Å². The quantitative estimate of drug-likeness (QED) is 0.551. The first-order valence-corrected chi connectivity index (χ1v) is 3.87. The van der Waals surface area contributed by atoms with E-state index in [1.165, 1.54) is 6.07 Å². The Morgan fingerprint density at radius 3 is 2.57 bits per heavy atom. The van der Waals surface area contributed by atoms with Crippen molar-refractivity contribution < 1.29 is 24.3 Å². The van der Waals surface area contributed by atoms with Crippen LogP contribution in [-0.2, 0) is 11.2 Å². The molecule has 4 nitrogen and oxygen atoms in total. The van der Waals surface area contributed by atoms with E-state index in [0.29, 0.717) is 0 Å². The lowest BCUT2D eigenvalue weighted by atomic mass is 9.79. The number of carboxylic acid groups (broad SMARTS) is 1. The Hall–Kier alpha value is -1.40. The Bertz CT molecular complexity index is 353. The summed E-state index contributed by atoms with van der Waals surface area (Å²) in [6.07, 6.45) is -0.480. The Kier molecular flexibility index (Phi) is 3.21. The number of benzene rings is 1. The third-order valence-corrected chi connectivity index (χ3v) is 1.71. The van der Waals surface area contributed by atoms with Gasteiger partial charge in [0.05, 0.1) is 6.42 Å². The van der Waals surface area contributed by atoms with Crippen molar-refractivity contribution in [3.05, 3.63) is 29.6 Å². The standard InChI is InChI=1S/C8H8BFO4/c10-7-2-1-6(9(13)14)3-5(7)4-8(11)12/h1-3,13-14H,4H2,(H,11,12). The predicted octanol–water partition coefficient (Wildman–Crippen LogP) is -0.867. The number of halogens is 1. The SMILES string of the molecule is O=C(O)Cc1cc(B(O)O)ccc1F. The minimum Gasteiger partial charge on any atom is -0.481 e. The molecule has 0 saturated heterocycles. The highest BCUT2D eigenvalue weighted by Gasteiger charge is 2.14. The van der Waals surface area contributed by atoms with Crippen LogP contribution in [-0.4, -0.2) is 28.2 Å². The molecule has 6 heteroatoms. The molecule has 0 saturated carbocycles. The summed E-state index contributed by atoms with van der Waals surface area (Å²) in [5.41, 5.74) is 0.00532. The van der Waals surface area contributed by atoms with Gasteiger partial charge in [0.2, 0.25) is 0 Å². The summed E-state index contributed by atoms with van der Waals surface area (Å²) in [6, 6.07) is 3.31. The topological polar surface area (TPSA) is 77.8 Å². The van der Waals surface area contributed by atoms with E-state index < -0.39 is 25.3 Å². The van der Waals surface area contributed by atoms with Crippen molar-refractivity contribution in [3.8, 4) is 0 Å². The van der Waals surface area contributed by atoms with E-state index in [9.17, 15) is 9.18 Å². The van der Waals surface area contributed by atoms with Gasteiger partial charge in [-0.2, -0.15) is 0 Å². The summed E-state index contributed by atoms with van der Waals surface area (Å²) in [5.74, 6) is -1.84. The van der Waals surface area contributed by atoms with Crippen molar-refractivity contribution in [1.29, 1.82) is 0 Å². The lowest BCUT2D eigenvalue weighted by molar-refractivity contribution is -0.136. The first-order chi connectivity index (χ1) is 6.50. The second-order valence-corrected chi connectivity index (χ2v) is 2.80. The van der Waals surface area contributed by atoms with E-state index in [-0.39, 0.29) is 11.0 Å². The summed E-state index contributed by atoms with van der Waals surface area (Å²) in [5, 5.41) is 25.9. The number of carbonyl (C=O) groups is 1. The molecule has 74 valence electrons. The highest BCUT2D eigenvalue weighted by atomic mass is 19.1. The smallest absolute Gasteiger partial charge is 0.481 e. The molecule has 0 aliphatic carbocycles. The van der Waals surface area contributed by atoms with Crippen LogP contribution in [0.2, 0.25) is 0 Å². The van der Waals surface area contributed by atoms with Crippen molar-refractivity contribution in [3.63, 3.8) is 0 Å². The minimum atomic E-state index is -1.72. The maximum Gasteiger partial charge on any atom is 0.488 e. The summed E-state index contributed by atoms with van der Waals surface area (Å²) >= 11 is 0. The van der Waals surface area contributed by atoms with Crippen LogP contribution in [0.5, 0.6) is 0 Å². The molecule has 3 N–H and O–H groups in total. The van der Waals surface area contributed by atoms with Gasteiger partial charge in [-0.3, -0.25) is 4.79 Å². The van der Waals surface area contributed by atoms with E-state index in [2.05, 4.69) is 0 Å². The fourth-order valence-electron chi connectivity index (χ4n) is 1.05. The van der Waals surface area contributed by atoms with Crippen molar-refractivity contribution in [2.75, 3.05) is 0 Å². The molecule has 0 aliphatic heterocycles. The van der Waals surface area contributed by atoms with Crippen molar-refractivity contribution in [1.82, 2.24) is 0 Å². The molecule has 0 amide bonds. The number of aliphatic carboxylic acids is 1. The zero-order chi connectivity index (χ0) is 10.7. The fourth-order valence-corrected chi connectivity index (χ4v) is 1.05. The summed E-state index contributed by atoms with van der Waals surface area (Å²) < 4.78 is 13.0. The highest BCUT2D eigenvalue weighted by molar-refractivity contribution is 6.58. The second-order valence-electron chi connectivity index (χ2n) is 2.80. The maximum atomic E-state index is 13.0. The highest BCUT2D eigenvalue weighted by Crippen LogP contribution is 2.05. The van der Waals surface area contributed by atoms with Crippen LogP contribution >= 0.6 is 0 Å². The molecule has 0 unspecified atom stereocenters. The molecular formula is C8H8BFO4. The third-order valence-electron chi connectivity index (χ3n) is 1.71. The van der Waals surface area contributed by atoms with Crippen LogP contribution in [0.4, 0.5) is 4.39 Å². The van der Waals surface area contributed by atoms with Gasteiger partial charge in [-0.05, 0) is 17.1 Å². The molecular weight excluding hydrogens is 190 g/mol. The molecule has 0 atom stereocenters. The first-order valence-electron chi connectivity index (χ1n) is 3.87. The lowest BCUT2D eigenvalue weighted by Gasteiger charge is -2.03. The lowest BCUT2D eigenvalue weighted by Crippen LogP contribution is -2.30. The molecule has 14 heavy (non-hydrogen) atoms. The van der Waals surface area contributed by atoms with E-state index in [0.717, 1.165) is 12.1 Å². The van der Waals surface area contributed by atoms with Gasteiger partial charge in [-0.15, -0.1) is 0 Å². The van der Waals surface area contributed by atoms with Crippen molar-refractivity contribution in [2.45, 2.75) is 6.42 Å². The summed E-state index contributed by atoms with van der Waals surface area (Å²) in [4.78, 5) is 10.3. The van der Waals surface area contributed by atoms with Crippen LogP contribution in [0.1, 0.15) is 5.56 Å². The van der Waals surface area contributed by atoms with Crippen molar-refractivity contribution in [2.24, 2.45) is 0 Å². The number of hydrogen-bond donors (Lipinski definition) is 3. The van der Waals surface area contributed by atoms with Crippen LogP contribution in [0.3, 0.4) is 0 Å².